The molecule has 4 unspecified atom stereocenters. The number of fused-ring (bicyclic) bond motifs is 1. The Morgan fingerprint density at radius 3 is 2.82 bits per heavy atom. The molecule has 1 aromatic rings. The van der Waals surface area contributed by atoms with Gasteiger partial charge in [0.2, 0.25) is 0 Å². The van der Waals surface area contributed by atoms with Gasteiger partial charge in [-0.3, -0.25) is 4.79 Å². The van der Waals surface area contributed by atoms with Gasteiger partial charge in [0.1, 0.15) is 12.6 Å². The standard InChI is InChI=1S/C14H17NO2/c1-9-11-7-12(15-13(9)11)14(16)17-8-10-5-3-2-4-6-10/h2-6,9,11-13,15H,7-8H2,1H3. The third-order valence-corrected chi connectivity index (χ3v) is 3.97. The molecule has 1 saturated heterocycles. The molecule has 2 aliphatic rings. The summed E-state index contributed by atoms with van der Waals surface area (Å²) in [5, 5.41) is 3.34. The average Bonchev–Trinajstić information content (AvgIpc) is 2.81. The summed E-state index contributed by atoms with van der Waals surface area (Å²) in [6, 6.07) is 10.3. The Balaban J connectivity index is 1.49. The molecule has 0 spiro atoms. The fraction of sp³-hybridized carbons (Fsp3) is 0.500. The van der Waals surface area contributed by atoms with E-state index in [1.54, 1.807) is 0 Å². The van der Waals surface area contributed by atoms with Crippen LogP contribution in [0.1, 0.15) is 18.9 Å². The molecule has 1 aliphatic heterocycles. The van der Waals surface area contributed by atoms with Crippen LogP contribution in [-0.4, -0.2) is 18.1 Å². The maximum atomic E-state index is 11.8. The van der Waals surface area contributed by atoms with Crippen molar-refractivity contribution in [3.63, 3.8) is 0 Å². The van der Waals surface area contributed by atoms with Gasteiger partial charge in [0.05, 0.1) is 0 Å². The first-order valence-corrected chi connectivity index (χ1v) is 6.22. The molecule has 1 saturated carbocycles. The monoisotopic (exact) mass is 231 g/mol. The highest BCUT2D eigenvalue weighted by molar-refractivity contribution is 5.76. The molecule has 90 valence electrons. The molecule has 1 N–H and O–H groups in total. The fourth-order valence-corrected chi connectivity index (χ4v) is 2.75. The van der Waals surface area contributed by atoms with Crippen LogP contribution in [-0.2, 0) is 16.1 Å². The number of rotatable bonds is 3. The van der Waals surface area contributed by atoms with Crippen molar-refractivity contribution in [1.82, 2.24) is 5.32 Å². The Hall–Kier alpha value is -1.35. The lowest BCUT2D eigenvalue weighted by Crippen LogP contribution is -2.36. The van der Waals surface area contributed by atoms with Crippen LogP contribution in [0, 0.1) is 11.8 Å². The number of carbonyl (C=O) groups is 1. The summed E-state index contributed by atoms with van der Waals surface area (Å²) in [5.74, 6) is 1.34. The van der Waals surface area contributed by atoms with Gasteiger partial charge in [-0.05, 0) is 23.8 Å². The van der Waals surface area contributed by atoms with E-state index in [2.05, 4.69) is 12.2 Å². The summed E-state index contributed by atoms with van der Waals surface area (Å²) in [4.78, 5) is 11.8. The van der Waals surface area contributed by atoms with Crippen LogP contribution in [0.3, 0.4) is 0 Å². The summed E-state index contributed by atoms with van der Waals surface area (Å²) >= 11 is 0. The molecule has 2 fully saturated rings. The Morgan fingerprint density at radius 1 is 1.41 bits per heavy atom. The lowest BCUT2D eigenvalue weighted by molar-refractivity contribution is -0.147. The van der Waals surface area contributed by atoms with E-state index in [0.717, 1.165) is 17.9 Å². The molecule has 0 radical (unpaired) electrons. The first-order chi connectivity index (χ1) is 8.25. The second kappa shape index (κ2) is 4.15. The normalized spacial score (nSPS) is 34.2. The SMILES string of the molecule is CC1C2CC(C(=O)OCc3ccccc3)NC12. The van der Waals surface area contributed by atoms with Crippen molar-refractivity contribution in [2.45, 2.75) is 32.0 Å². The zero-order chi connectivity index (χ0) is 11.8. The van der Waals surface area contributed by atoms with E-state index in [1.807, 2.05) is 30.3 Å². The van der Waals surface area contributed by atoms with Gasteiger partial charge in [-0.15, -0.1) is 0 Å². The molecule has 0 aromatic heterocycles. The van der Waals surface area contributed by atoms with E-state index < -0.39 is 0 Å². The smallest absolute Gasteiger partial charge is 0.323 e. The molecular weight excluding hydrogens is 214 g/mol. The second-order valence-electron chi connectivity index (χ2n) is 5.10. The first kappa shape index (κ1) is 10.8. The van der Waals surface area contributed by atoms with Crippen molar-refractivity contribution in [3.8, 4) is 0 Å². The van der Waals surface area contributed by atoms with Gasteiger partial charge >= 0.3 is 5.97 Å². The lowest BCUT2D eigenvalue weighted by atomic mass is 10.1. The highest BCUT2D eigenvalue weighted by Crippen LogP contribution is 2.47. The predicted octanol–water partition coefficient (Wildman–Crippen LogP) is 1.73. The molecule has 3 rings (SSSR count). The number of piperidine rings is 1. The lowest BCUT2D eigenvalue weighted by Gasteiger charge is -2.13. The number of esters is 1. The minimum absolute atomic E-state index is 0.0788. The van der Waals surface area contributed by atoms with E-state index in [0.29, 0.717) is 18.6 Å². The van der Waals surface area contributed by atoms with Crippen molar-refractivity contribution in [3.05, 3.63) is 35.9 Å². The number of ether oxygens (including phenoxy) is 1. The van der Waals surface area contributed by atoms with Gasteiger partial charge in [0, 0.05) is 6.04 Å². The summed E-state index contributed by atoms with van der Waals surface area (Å²) < 4.78 is 5.31. The van der Waals surface area contributed by atoms with Gasteiger partial charge < -0.3 is 10.1 Å². The predicted molar refractivity (Wildman–Crippen MR) is 64.2 cm³/mol. The van der Waals surface area contributed by atoms with Crippen LogP contribution in [0.4, 0.5) is 0 Å². The first-order valence-electron chi connectivity index (χ1n) is 6.22. The van der Waals surface area contributed by atoms with Crippen LogP contribution in [0.15, 0.2) is 30.3 Å². The Morgan fingerprint density at radius 2 is 2.18 bits per heavy atom. The molecule has 1 aliphatic carbocycles. The van der Waals surface area contributed by atoms with Gasteiger partial charge in [-0.2, -0.15) is 0 Å². The number of hydrogen-bond acceptors (Lipinski definition) is 3. The van der Waals surface area contributed by atoms with Crippen LogP contribution in [0.2, 0.25) is 0 Å². The largest absolute Gasteiger partial charge is 0.460 e. The van der Waals surface area contributed by atoms with E-state index >= 15 is 0 Å². The Labute approximate surface area is 101 Å². The quantitative estimate of drug-likeness (QED) is 0.805. The Kier molecular flexibility index (Phi) is 2.63. The molecule has 4 atom stereocenters. The number of nitrogens with one attached hydrogen (secondary N) is 1. The van der Waals surface area contributed by atoms with Crippen LogP contribution < -0.4 is 5.32 Å². The van der Waals surface area contributed by atoms with E-state index in [4.69, 9.17) is 4.74 Å². The highest BCUT2D eigenvalue weighted by Gasteiger charge is 2.55. The molecule has 1 aromatic carbocycles. The second-order valence-corrected chi connectivity index (χ2v) is 5.10. The van der Waals surface area contributed by atoms with Gasteiger partial charge in [-0.1, -0.05) is 37.3 Å². The van der Waals surface area contributed by atoms with Crippen LogP contribution in [0.5, 0.6) is 0 Å². The molecule has 3 nitrogen and oxygen atoms in total. The van der Waals surface area contributed by atoms with Crippen LogP contribution in [0.25, 0.3) is 0 Å². The molecule has 1 heterocycles. The highest BCUT2D eigenvalue weighted by atomic mass is 16.5. The van der Waals surface area contributed by atoms with Crippen molar-refractivity contribution >= 4 is 5.97 Å². The van der Waals surface area contributed by atoms with Crippen molar-refractivity contribution in [2.75, 3.05) is 0 Å². The number of carbonyl (C=O) groups excluding carboxylic acids is 1. The minimum atomic E-state index is -0.103. The summed E-state index contributed by atoms with van der Waals surface area (Å²) in [6.45, 7) is 2.61. The van der Waals surface area contributed by atoms with E-state index in [9.17, 15) is 4.79 Å². The molecule has 0 amide bonds. The summed E-state index contributed by atoms with van der Waals surface area (Å²) in [7, 11) is 0. The summed E-state index contributed by atoms with van der Waals surface area (Å²) in [6.07, 6.45) is 0.944. The van der Waals surface area contributed by atoms with Crippen molar-refractivity contribution in [2.24, 2.45) is 11.8 Å². The molecule has 17 heavy (non-hydrogen) atoms. The zero-order valence-electron chi connectivity index (χ0n) is 9.93. The van der Waals surface area contributed by atoms with Crippen LogP contribution >= 0.6 is 0 Å². The van der Waals surface area contributed by atoms with Gasteiger partial charge in [-0.25, -0.2) is 0 Å². The maximum Gasteiger partial charge on any atom is 0.323 e. The Bertz CT molecular complexity index is 405. The number of hydrogen-bond donors (Lipinski definition) is 1. The summed E-state index contributed by atoms with van der Waals surface area (Å²) in [5.41, 5.74) is 1.04. The minimum Gasteiger partial charge on any atom is -0.460 e. The van der Waals surface area contributed by atoms with E-state index in [1.165, 1.54) is 0 Å². The van der Waals surface area contributed by atoms with Gasteiger partial charge in [0.15, 0.2) is 0 Å². The number of benzene rings is 1. The zero-order valence-corrected chi connectivity index (χ0v) is 9.93. The maximum absolute atomic E-state index is 11.8. The third kappa shape index (κ3) is 2.07. The average molecular weight is 231 g/mol. The van der Waals surface area contributed by atoms with E-state index in [-0.39, 0.29) is 12.0 Å². The molecule has 0 bridgehead atoms. The molecule has 3 heteroatoms. The topological polar surface area (TPSA) is 38.3 Å². The van der Waals surface area contributed by atoms with Gasteiger partial charge in [0.25, 0.3) is 0 Å². The molecular formula is C14H17NO2. The van der Waals surface area contributed by atoms with Crippen molar-refractivity contribution < 1.29 is 9.53 Å². The van der Waals surface area contributed by atoms with Crippen molar-refractivity contribution in [1.29, 1.82) is 0 Å². The third-order valence-electron chi connectivity index (χ3n) is 3.97. The fourth-order valence-electron chi connectivity index (χ4n) is 2.75.